The summed E-state index contributed by atoms with van der Waals surface area (Å²) in [4.78, 5) is 22.2. The van der Waals surface area contributed by atoms with Crippen LogP contribution >= 0.6 is 0 Å². The predicted octanol–water partition coefficient (Wildman–Crippen LogP) is 4.14. The number of carbonyl (C=O) groups is 1. The quantitative estimate of drug-likeness (QED) is 0.430. The van der Waals surface area contributed by atoms with Crippen molar-refractivity contribution in [2.24, 2.45) is 0 Å². The molecule has 0 bridgehead atoms. The standard InChI is InChI=1S/C18H26O3Si/c1-4-22(5-2,6-3)17-13-11-15(12-14-17)18(19)21-20-16-9-7-8-10-16/h4,11-14,16H,1,5-10H2,2-3H3. The van der Waals surface area contributed by atoms with Crippen molar-refractivity contribution >= 4 is 19.2 Å². The van der Waals surface area contributed by atoms with Crippen LogP contribution in [0, 0.1) is 0 Å². The first-order chi connectivity index (χ1) is 10.6. The van der Waals surface area contributed by atoms with Crippen LogP contribution in [0.1, 0.15) is 49.9 Å². The minimum absolute atomic E-state index is 0.0734. The lowest BCUT2D eigenvalue weighted by molar-refractivity contribution is -0.272. The number of hydrogen-bond donors (Lipinski definition) is 0. The second kappa shape index (κ2) is 7.74. The maximum absolute atomic E-state index is 12.0. The summed E-state index contributed by atoms with van der Waals surface area (Å²) in [7, 11) is -1.61. The maximum atomic E-state index is 12.0. The van der Waals surface area contributed by atoms with Crippen molar-refractivity contribution < 1.29 is 14.6 Å². The molecule has 0 heterocycles. The molecule has 22 heavy (non-hydrogen) atoms. The van der Waals surface area contributed by atoms with E-state index in [4.69, 9.17) is 9.78 Å². The van der Waals surface area contributed by atoms with Gasteiger partial charge in [-0.3, -0.25) is 4.89 Å². The van der Waals surface area contributed by atoms with Gasteiger partial charge < -0.3 is 0 Å². The van der Waals surface area contributed by atoms with Gasteiger partial charge in [-0.2, -0.15) is 4.89 Å². The molecule has 1 aliphatic rings. The van der Waals surface area contributed by atoms with E-state index < -0.39 is 14.0 Å². The van der Waals surface area contributed by atoms with E-state index in [1.165, 1.54) is 5.19 Å². The molecule has 0 radical (unpaired) electrons. The number of benzene rings is 1. The third-order valence-electron chi connectivity index (χ3n) is 4.91. The van der Waals surface area contributed by atoms with E-state index >= 15 is 0 Å². The molecule has 3 nitrogen and oxygen atoms in total. The van der Waals surface area contributed by atoms with Gasteiger partial charge in [-0.25, -0.2) is 4.79 Å². The number of hydrogen-bond acceptors (Lipinski definition) is 3. The van der Waals surface area contributed by atoms with Gasteiger partial charge in [0.2, 0.25) is 0 Å². The van der Waals surface area contributed by atoms with E-state index in [9.17, 15) is 4.79 Å². The fraction of sp³-hybridized carbons (Fsp3) is 0.500. The van der Waals surface area contributed by atoms with Crippen LogP contribution in [-0.4, -0.2) is 20.1 Å². The molecule has 1 fully saturated rings. The van der Waals surface area contributed by atoms with Crippen molar-refractivity contribution in [2.45, 2.75) is 57.7 Å². The van der Waals surface area contributed by atoms with Crippen LogP contribution in [0.3, 0.4) is 0 Å². The summed E-state index contributed by atoms with van der Waals surface area (Å²) in [5.41, 5.74) is 2.68. The molecule has 0 amide bonds. The fourth-order valence-corrected chi connectivity index (χ4v) is 6.11. The normalized spacial score (nSPS) is 15.7. The van der Waals surface area contributed by atoms with Gasteiger partial charge in [-0.05, 0) is 25.0 Å². The molecule has 4 heteroatoms. The number of carbonyl (C=O) groups excluding carboxylic acids is 1. The second-order valence-electron chi connectivity index (χ2n) is 6.02. The minimum atomic E-state index is -1.61. The monoisotopic (exact) mass is 318 g/mol. The summed E-state index contributed by atoms with van der Waals surface area (Å²) in [5, 5.41) is 1.32. The number of rotatable bonds is 7. The molecular weight excluding hydrogens is 292 g/mol. The van der Waals surface area contributed by atoms with E-state index in [0.717, 1.165) is 37.8 Å². The molecule has 1 saturated carbocycles. The summed E-state index contributed by atoms with van der Waals surface area (Å²) in [6.45, 7) is 8.47. The SMILES string of the molecule is C=C[Si](CC)(CC)c1ccc(C(=O)OOC2CCCC2)cc1. The minimum Gasteiger partial charge on any atom is -0.293 e. The Labute approximate surface area is 134 Å². The van der Waals surface area contributed by atoms with Gasteiger partial charge in [0.15, 0.2) is 0 Å². The Hall–Kier alpha value is -1.39. The van der Waals surface area contributed by atoms with Gasteiger partial charge in [0.05, 0.1) is 5.56 Å². The molecular formula is C18H26O3Si. The molecule has 2 rings (SSSR count). The Morgan fingerprint density at radius 1 is 1.23 bits per heavy atom. The molecule has 0 spiro atoms. The Morgan fingerprint density at radius 2 is 1.82 bits per heavy atom. The van der Waals surface area contributed by atoms with Crippen molar-refractivity contribution in [1.29, 1.82) is 0 Å². The molecule has 0 saturated heterocycles. The molecule has 1 aliphatic carbocycles. The van der Waals surface area contributed by atoms with Gasteiger partial charge in [0.25, 0.3) is 0 Å². The first-order valence-corrected chi connectivity index (χ1v) is 10.8. The van der Waals surface area contributed by atoms with E-state index in [1.54, 1.807) is 0 Å². The smallest absolute Gasteiger partial charge is 0.293 e. The average molecular weight is 318 g/mol. The van der Waals surface area contributed by atoms with Crippen molar-refractivity contribution in [3.8, 4) is 0 Å². The van der Waals surface area contributed by atoms with Gasteiger partial charge >= 0.3 is 5.97 Å². The van der Waals surface area contributed by atoms with Crippen LogP contribution in [-0.2, 0) is 9.78 Å². The Kier molecular flexibility index (Phi) is 5.97. The zero-order valence-electron chi connectivity index (χ0n) is 13.6. The van der Waals surface area contributed by atoms with E-state index in [0.29, 0.717) is 5.56 Å². The van der Waals surface area contributed by atoms with Crippen LogP contribution in [0.5, 0.6) is 0 Å². The third-order valence-corrected chi connectivity index (χ3v) is 9.70. The molecule has 1 aromatic carbocycles. The van der Waals surface area contributed by atoms with Crippen molar-refractivity contribution in [3.05, 3.63) is 42.1 Å². The summed E-state index contributed by atoms with van der Waals surface area (Å²) in [6, 6.07) is 10.0. The van der Waals surface area contributed by atoms with Gasteiger partial charge in [-0.15, -0.1) is 6.58 Å². The summed E-state index contributed by atoms with van der Waals surface area (Å²) >= 11 is 0. The van der Waals surface area contributed by atoms with Crippen molar-refractivity contribution in [3.63, 3.8) is 0 Å². The molecule has 0 aromatic heterocycles. The summed E-state index contributed by atoms with van der Waals surface area (Å²) in [5.74, 6) is -0.405. The van der Waals surface area contributed by atoms with Gasteiger partial charge in [0, 0.05) is 0 Å². The van der Waals surface area contributed by atoms with Crippen LogP contribution < -0.4 is 5.19 Å². The average Bonchev–Trinajstić information content (AvgIpc) is 3.09. The summed E-state index contributed by atoms with van der Waals surface area (Å²) < 4.78 is 0. The van der Waals surface area contributed by atoms with Gasteiger partial charge in [-0.1, -0.05) is 61.8 Å². The molecule has 120 valence electrons. The Balaban J connectivity index is 2.01. The van der Waals surface area contributed by atoms with Crippen LogP contribution in [0.15, 0.2) is 36.5 Å². The molecule has 0 unspecified atom stereocenters. The lowest BCUT2D eigenvalue weighted by Gasteiger charge is -2.25. The fourth-order valence-electron chi connectivity index (χ4n) is 3.15. The van der Waals surface area contributed by atoms with Crippen LogP contribution in [0.4, 0.5) is 0 Å². The Bertz CT molecular complexity index is 500. The van der Waals surface area contributed by atoms with E-state index in [2.05, 4.69) is 26.1 Å². The molecule has 0 atom stereocenters. The zero-order valence-corrected chi connectivity index (χ0v) is 14.6. The first-order valence-electron chi connectivity index (χ1n) is 8.27. The van der Waals surface area contributed by atoms with E-state index in [1.807, 2.05) is 24.3 Å². The summed E-state index contributed by atoms with van der Waals surface area (Å²) in [6.07, 6.45) is 4.34. The lowest BCUT2D eigenvalue weighted by atomic mass is 10.2. The Morgan fingerprint density at radius 3 is 2.32 bits per heavy atom. The molecule has 1 aromatic rings. The van der Waals surface area contributed by atoms with Crippen LogP contribution in [0.2, 0.25) is 12.1 Å². The highest BCUT2D eigenvalue weighted by atomic mass is 28.3. The second-order valence-corrected chi connectivity index (χ2v) is 10.7. The zero-order chi connectivity index (χ0) is 16.0. The lowest BCUT2D eigenvalue weighted by Crippen LogP contribution is -2.44. The molecule has 0 N–H and O–H groups in total. The largest absolute Gasteiger partial charge is 0.373 e. The third kappa shape index (κ3) is 3.68. The topological polar surface area (TPSA) is 35.5 Å². The highest BCUT2D eigenvalue weighted by Crippen LogP contribution is 2.21. The molecule has 0 aliphatic heterocycles. The highest BCUT2D eigenvalue weighted by molar-refractivity contribution is 6.95. The van der Waals surface area contributed by atoms with Crippen LogP contribution in [0.25, 0.3) is 0 Å². The highest BCUT2D eigenvalue weighted by Gasteiger charge is 2.27. The van der Waals surface area contributed by atoms with Crippen molar-refractivity contribution in [2.75, 3.05) is 0 Å². The predicted molar refractivity (Wildman–Crippen MR) is 91.7 cm³/mol. The van der Waals surface area contributed by atoms with Gasteiger partial charge in [0.1, 0.15) is 14.2 Å². The first kappa shape index (κ1) is 17.0. The van der Waals surface area contributed by atoms with Crippen molar-refractivity contribution in [1.82, 2.24) is 0 Å². The van der Waals surface area contributed by atoms with E-state index in [-0.39, 0.29) is 6.10 Å². The maximum Gasteiger partial charge on any atom is 0.373 e.